The number of primary amides is 1. The molecule has 0 spiro atoms. The molecule has 0 saturated heterocycles. The van der Waals surface area contributed by atoms with E-state index >= 15 is 0 Å². The quantitative estimate of drug-likeness (QED) is 0.411. The third-order valence-corrected chi connectivity index (χ3v) is 5.37. The number of nitrogens with zero attached hydrogens (tertiary/aromatic N) is 3. The van der Waals surface area contributed by atoms with Gasteiger partial charge in [-0.3, -0.25) is 9.36 Å². The van der Waals surface area contributed by atoms with Gasteiger partial charge in [0.1, 0.15) is 11.6 Å². The van der Waals surface area contributed by atoms with Crippen LogP contribution in [-0.2, 0) is 13.1 Å². The van der Waals surface area contributed by atoms with Gasteiger partial charge in [-0.25, -0.2) is 9.37 Å². The van der Waals surface area contributed by atoms with Crippen molar-refractivity contribution in [3.8, 4) is 5.95 Å². The molecule has 0 aliphatic carbocycles. The Morgan fingerprint density at radius 2 is 1.97 bits per heavy atom. The highest BCUT2D eigenvalue weighted by Crippen LogP contribution is 2.28. The Morgan fingerprint density at radius 1 is 1.19 bits per heavy atom. The summed E-state index contributed by atoms with van der Waals surface area (Å²) in [6.07, 6.45) is 1.78. The molecule has 0 saturated carbocycles. The minimum Gasteiger partial charge on any atom is -0.366 e. The summed E-state index contributed by atoms with van der Waals surface area (Å²) >= 11 is 0. The Kier molecular flexibility index (Phi) is 5.87. The van der Waals surface area contributed by atoms with Crippen molar-refractivity contribution in [2.75, 3.05) is 5.32 Å². The van der Waals surface area contributed by atoms with E-state index in [1.54, 1.807) is 24.4 Å². The third kappa shape index (κ3) is 4.04. The normalized spacial score (nSPS) is 11.3. The molecule has 0 radical (unpaired) electrons. The maximum atomic E-state index is 13.6. The van der Waals surface area contributed by atoms with Crippen LogP contribution in [0, 0.1) is 5.82 Å². The Hall–Kier alpha value is -3.78. The molecule has 5 N–H and O–H groups in total. The summed E-state index contributed by atoms with van der Waals surface area (Å²) in [6, 6.07) is 13.6. The Bertz CT molecular complexity index is 1300. The monoisotopic (exact) mass is 432 g/mol. The number of halogens is 1. The van der Waals surface area contributed by atoms with E-state index in [0.717, 1.165) is 22.3 Å². The van der Waals surface area contributed by atoms with Crippen LogP contribution in [0.4, 0.5) is 10.2 Å². The average Bonchev–Trinajstić information content (AvgIpc) is 3.16. The maximum Gasteiger partial charge on any atom is 0.249 e. The number of nitrogens with one attached hydrogen (secondary N) is 1. The molecule has 2 aromatic carbocycles. The molecule has 0 aliphatic rings. The molecule has 0 bridgehead atoms. The summed E-state index contributed by atoms with van der Waals surface area (Å²) < 4.78 is 15.4. The van der Waals surface area contributed by atoms with E-state index in [-0.39, 0.29) is 18.3 Å². The first kappa shape index (κ1) is 21.5. The summed E-state index contributed by atoms with van der Waals surface area (Å²) in [5, 5.41) is 4.02. The summed E-state index contributed by atoms with van der Waals surface area (Å²) in [4.78, 5) is 21.3. The van der Waals surface area contributed by atoms with E-state index in [0.29, 0.717) is 29.3 Å². The van der Waals surface area contributed by atoms with Gasteiger partial charge in [-0.1, -0.05) is 32.0 Å². The molecule has 0 unspecified atom stereocenters. The molecule has 7 nitrogen and oxygen atoms in total. The molecule has 2 aromatic heterocycles. The second kappa shape index (κ2) is 8.76. The number of anilines is 1. The zero-order valence-corrected chi connectivity index (χ0v) is 18.0. The Balaban J connectivity index is 1.81. The van der Waals surface area contributed by atoms with Gasteiger partial charge in [0.2, 0.25) is 11.9 Å². The number of carbonyl (C=O) groups is 1. The van der Waals surface area contributed by atoms with E-state index in [1.165, 1.54) is 12.1 Å². The van der Waals surface area contributed by atoms with Crippen LogP contribution in [0.2, 0.25) is 0 Å². The van der Waals surface area contributed by atoms with Crippen LogP contribution >= 0.6 is 0 Å². The fourth-order valence-corrected chi connectivity index (χ4v) is 3.77. The zero-order valence-electron chi connectivity index (χ0n) is 18.0. The number of fused-ring (bicyclic) bond motifs is 1. The van der Waals surface area contributed by atoms with Crippen molar-refractivity contribution in [3.05, 3.63) is 82.9 Å². The number of amides is 1. The summed E-state index contributed by atoms with van der Waals surface area (Å²) in [5.41, 5.74) is 15.2. The molecule has 0 atom stereocenters. The smallest absolute Gasteiger partial charge is 0.249 e. The average molecular weight is 433 g/mol. The van der Waals surface area contributed by atoms with Crippen molar-refractivity contribution in [1.29, 1.82) is 0 Å². The maximum absolute atomic E-state index is 13.6. The van der Waals surface area contributed by atoms with E-state index in [2.05, 4.69) is 24.1 Å². The number of carbonyl (C=O) groups excluding carboxylic acids is 1. The number of nitrogens with two attached hydrogens (primary N) is 2. The van der Waals surface area contributed by atoms with Crippen molar-refractivity contribution in [3.63, 3.8) is 0 Å². The van der Waals surface area contributed by atoms with Crippen LogP contribution in [0.15, 0.2) is 54.7 Å². The number of benzene rings is 2. The van der Waals surface area contributed by atoms with E-state index in [4.69, 9.17) is 16.5 Å². The van der Waals surface area contributed by atoms with E-state index in [9.17, 15) is 9.18 Å². The lowest BCUT2D eigenvalue weighted by molar-refractivity contribution is 0.100. The molecular formula is C24H25FN6O. The van der Waals surface area contributed by atoms with Gasteiger partial charge in [-0.15, -0.1) is 0 Å². The predicted octanol–water partition coefficient (Wildman–Crippen LogP) is 3.85. The molecule has 4 aromatic rings. The Morgan fingerprint density at radius 3 is 2.66 bits per heavy atom. The third-order valence-electron chi connectivity index (χ3n) is 5.37. The van der Waals surface area contributed by atoms with Gasteiger partial charge in [-0.2, -0.15) is 4.98 Å². The first-order chi connectivity index (χ1) is 15.4. The molecule has 8 heteroatoms. The Labute approximate surface area is 185 Å². The lowest BCUT2D eigenvalue weighted by Crippen LogP contribution is -2.13. The molecule has 0 aliphatic heterocycles. The zero-order chi connectivity index (χ0) is 22.8. The molecule has 0 fully saturated rings. The van der Waals surface area contributed by atoms with E-state index < -0.39 is 5.91 Å². The van der Waals surface area contributed by atoms with Gasteiger partial charge >= 0.3 is 0 Å². The fourth-order valence-electron chi connectivity index (χ4n) is 3.77. The molecule has 2 heterocycles. The van der Waals surface area contributed by atoms with Gasteiger partial charge in [0.25, 0.3) is 0 Å². The van der Waals surface area contributed by atoms with Crippen molar-refractivity contribution in [2.45, 2.75) is 32.9 Å². The molecular weight excluding hydrogens is 407 g/mol. The lowest BCUT2D eigenvalue weighted by atomic mass is 10.1. The first-order valence-corrected chi connectivity index (χ1v) is 10.4. The predicted molar refractivity (Wildman–Crippen MR) is 123 cm³/mol. The van der Waals surface area contributed by atoms with Crippen LogP contribution in [0.5, 0.6) is 0 Å². The highest BCUT2D eigenvalue weighted by atomic mass is 19.1. The van der Waals surface area contributed by atoms with Gasteiger partial charge < -0.3 is 16.8 Å². The van der Waals surface area contributed by atoms with Crippen LogP contribution in [0.25, 0.3) is 16.9 Å². The molecule has 4 rings (SSSR count). The minimum atomic E-state index is -0.509. The lowest BCUT2D eigenvalue weighted by Gasteiger charge is -2.16. The summed E-state index contributed by atoms with van der Waals surface area (Å²) in [6.45, 7) is 4.76. The summed E-state index contributed by atoms with van der Waals surface area (Å²) in [7, 11) is 0. The van der Waals surface area contributed by atoms with E-state index in [1.807, 2.05) is 22.8 Å². The first-order valence-electron chi connectivity index (χ1n) is 10.4. The van der Waals surface area contributed by atoms with Gasteiger partial charge in [0.05, 0.1) is 5.52 Å². The topological polar surface area (TPSA) is 112 Å². The van der Waals surface area contributed by atoms with Gasteiger partial charge in [0, 0.05) is 41.5 Å². The largest absolute Gasteiger partial charge is 0.366 e. The second-order valence-corrected chi connectivity index (χ2v) is 7.89. The van der Waals surface area contributed by atoms with Gasteiger partial charge in [0.15, 0.2) is 0 Å². The van der Waals surface area contributed by atoms with Crippen LogP contribution < -0.4 is 16.8 Å². The highest BCUT2D eigenvalue weighted by molar-refractivity contribution is 6.06. The van der Waals surface area contributed by atoms with Crippen molar-refractivity contribution in [1.82, 2.24) is 14.5 Å². The standard InChI is InChI=1S/C24H25FN6O/c1-14(2)20-13-29-24(30-23(20)28-12-15-5-3-6-16(25)9-15)31-17(11-26)10-19-18(22(27)32)7-4-8-21(19)31/h3-10,13-14H,11-12,26H2,1-2H3,(H2,27,32)(H,28,29,30). The van der Waals surface area contributed by atoms with Crippen LogP contribution in [0.1, 0.15) is 46.9 Å². The molecule has 1 amide bonds. The van der Waals surface area contributed by atoms with Crippen molar-refractivity contribution < 1.29 is 9.18 Å². The van der Waals surface area contributed by atoms with Crippen molar-refractivity contribution in [2.24, 2.45) is 11.5 Å². The number of aromatic nitrogens is 3. The second-order valence-electron chi connectivity index (χ2n) is 7.89. The van der Waals surface area contributed by atoms with Crippen molar-refractivity contribution >= 4 is 22.6 Å². The molecule has 164 valence electrons. The molecule has 32 heavy (non-hydrogen) atoms. The van der Waals surface area contributed by atoms with Crippen LogP contribution in [0.3, 0.4) is 0 Å². The SMILES string of the molecule is CC(C)c1cnc(-n2c(CN)cc3c(C(N)=O)cccc32)nc1NCc1cccc(F)c1. The van der Waals surface area contributed by atoms with Gasteiger partial charge in [-0.05, 0) is 41.8 Å². The summed E-state index contributed by atoms with van der Waals surface area (Å²) in [5.74, 6) is 0.465. The number of hydrogen-bond donors (Lipinski definition) is 3. The number of rotatable bonds is 7. The minimum absolute atomic E-state index is 0.177. The fraction of sp³-hybridized carbons (Fsp3) is 0.208. The number of hydrogen-bond acceptors (Lipinski definition) is 5. The highest BCUT2D eigenvalue weighted by Gasteiger charge is 2.18. The van der Waals surface area contributed by atoms with Crippen LogP contribution in [-0.4, -0.2) is 20.4 Å².